The van der Waals surface area contributed by atoms with Crippen LogP contribution in [0.4, 0.5) is 11.4 Å². The Morgan fingerprint density at radius 2 is 1.63 bits per heavy atom. The number of benzene rings is 3. The summed E-state index contributed by atoms with van der Waals surface area (Å²) in [5.74, 6) is -1.62. The lowest BCUT2D eigenvalue weighted by atomic mass is 10.0. The molecule has 0 spiro atoms. The third-order valence-corrected chi connectivity index (χ3v) is 6.46. The summed E-state index contributed by atoms with van der Waals surface area (Å²) < 4.78 is 1.41. The second-order valence-corrected chi connectivity index (χ2v) is 9.22. The molecule has 5 rings (SSSR count). The summed E-state index contributed by atoms with van der Waals surface area (Å²) in [4.78, 5) is 31.6. The van der Waals surface area contributed by atoms with Crippen molar-refractivity contribution in [2.24, 2.45) is 0 Å². The molecule has 38 heavy (non-hydrogen) atoms. The first-order chi connectivity index (χ1) is 18.3. The zero-order chi connectivity index (χ0) is 26.8. The standard InChI is InChI=1S/C28H19Cl2N5O3/c1-34(21-8-6-19(29)7-9-21)22-10-11-24(31-15-22)27(36)18-5-12-25(23(14-18)28(37)38)35-26(16-32-33-35)17-3-2-4-20(30)13-17/h2-16H,1H3,(H,37,38). The minimum atomic E-state index is -1.21. The number of aromatic nitrogens is 4. The number of carbonyl (C=O) groups excluding carboxylic acids is 1. The predicted octanol–water partition coefficient (Wildman–Crippen LogP) is 6.33. The molecule has 3 aromatic carbocycles. The highest BCUT2D eigenvalue weighted by molar-refractivity contribution is 6.31. The molecule has 0 aliphatic carbocycles. The number of hydrogen-bond donors (Lipinski definition) is 1. The van der Waals surface area contributed by atoms with Gasteiger partial charge in [-0.05, 0) is 66.7 Å². The SMILES string of the molecule is CN(c1ccc(Cl)cc1)c1ccc(C(=O)c2ccc(-n3nncc3-c3cccc(Cl)c3)c(C(=O)O)c2)nc1. The number of carbonyl (C=O) groups is 2. The molecule has 0 unspecified atom stereocenters. The van der Waals surface area contributed by atoms with Gasteiger partial charge in [0.05, 0.1) is 35.0 Å². The van der Waals surface area contributed by atoms with E-state index in [-0.39, 0.29) is 22.5 Å². The van der Waals surface area contributed by atoms with E-state index in [4.69, 9.17) is 23.2 Å². The molecule has 0 aliphatic rings. The van der Waals surface area contributed by atoms with Gasteiger partial charge < -0.3 is 10.0 Å². The predicted molar refractivity (Wildman–Crippen MR) is 146 cm³/mol. The first kappa shape index (κ1) is 25.1. The molecule has 10 heteroatoms. The molecule has 0 bridgehead atoms. The monoisotopic (exact) mass is 543 g/mol. The average molecular weight is 544 g/mol. The van der Waals surface area contributed by atoms with Crippen molar-refractivity contribution in [3.63, 3.8) is 0 Å². The topological polar surface area (TPSA) is 101 Å². The third kappa shape index (κ3) is 5.00. The molecule has 2 aromatic heterocycles. The van der Waals surface area contributed by atoms with Crippen molar-refractivity contribution in [2.45, 2.75) is 0 Å². The van der Waals surface area contributed by atoms with E-state index in [0.717, 1.165) is 11.4 Å². The maximum absolute atomic E-state index is 13.2. The second kappa shape index (κ2) is 10.5. The Hall–Kier alpha value is -4.53. The fourth-order valence-corrected chi connectivity index (χ4v) is 4.29. The Balaban J connectivity index is 1.45. The molecular weight excluding hydrogens is 525 g/mol. The van der Waals surface area contributed by atoms with Crippen LogP contribution in [0.5, 0.6) is 0 Å². The molecular formula is C28H19Cl2N5O3. The molecule has 0 aliphatic heterocycles. The number of anilines is 2. The highest BCUT2D eigenvalue weighted by Crippen LogP contribution is 2.28. The van der Waals surface area contributed by atoms with Gasteiger partial charge in [0.25, 0.3) is 0 Å². The molecule has 2 heterocycles. The first-order valence-electron chi connectivity index (χ1n) is 11.4. The summed E-state index contributed by atoms with van der Waals surface area (Å²) in [6, 6.07) is 22.2. The lowest BCUT2D eigenvalue weighted by Gasteiger charge is -2.19. The molecule has 8 nitrogen and oxygen atoms in total. The molecule has 0 saturated heterocycles. The van der Waals surface area contributed by atoms with Crippen molar-refractivity contribution in [3.05, 3.63) is 118 Å². The van der Waals surface area contributed by atoms with Crippen molar-refractivity contribution < 1.29 is 14.7 Å². The van der Waals surface area contributed by atoms with Crippen LogP contribution in [0.3, 0.4) is 0 Å². The zero-order valence-electron chi connectivity index (χ0n) is 19.9. The van der Waals surface area contributed by atoms with Crippen LogP contribution >= 0.6 is 23.2 Å². The van der Waals surface area contributed by atoms with Crippen LogP contribution in [-0.2, 0) is 0 Å². The number of hydrogen-bond acceptors (Lipinski definition) is 6. The van der Waals surface area contributed by atoms with Crippen LogP contribution in [-0.4, -0.2) is 43.9 Å². The summed E-state index contributed by atoms with van der Waals surface area (Å²) in [7, 11) is 1.88. The summed E-state index contributed by atoms with van der Waals surface area (Å²) in [6.07, 6.45) is 3.10. The molecule has 1 N–H and O–H groups in total. The molecule has 0 radical (unpaired) electrons. The number of rotatable bonds is 7. The minimum absolute atomic E-state index is 0.108. The molecule has 0 fully saturated rings. The third-order valence-electron chi connectivity index (χ3n) is 5.97. The van der Waals surface area contributed by atoms with Crippen molar-refractivity contribution in [1.29, 1.82) is 0 Å². The summed E-state index contributed by atoms with van der Waals surface area (Å²) in [5, 5.41) is 19.1. The van der Waals surface area contributed by atoms with E-state index >= 15 is 0 Å². The normalized spacial score (nSPS) is 10.8. The van der Waals surface area contributed by atoms with Crippen LogP contribution in [0.1, 0.15) is 26.4 Å². The van der Waals surface area contributed by atoms with Crippen LogP contribution < -0.4 is 4.90 Å². The maximum atomic E-state index is 13.2. The van der Waals surface area contributed by atoms with E-state index in [2.05, 4.69) is 15.3 Å². The summed E-state index contributed by atoms with van der Waals surface area (Å²) in [6.45, 7) is 0. The van der Waals surface area contributed by atoms with Crippen LogP contribution in [0.2, 0.25) is 10.0 Å². The van der Waals surface area contributed by atoms with Gasteiger partial charge in [0.1, 0.15) is 5.69 Å². The number of nitrogens with zero attached hydrogens (tertiary/aromatic N) is 5. The minimum Gasteiger partial charge on any atom is -0.478 e. The van der Waals surface area contributed by atoms with Gasteiger partial charge >= 0.3 is 5.97 Å². The summed E-state index contributed by atoms with van der Waals surface area (Å²) >= 11 is 12.1. The van der Waals surface area contributed by atoms with Gasteiger partial charge in [0.15, 0.2) is 0 Å². The number of aromatic carboxylic acids is 1. The Kier molecular flexibility index (Phi) is 6.91. The lowest BCUT2D eigenvalue weighted by molar-refractivity contribution is 0.0696. The Labute approximate surface area is 227 Å². The highest BCUT2D eigenvalue weighted by atomic mass is 35.5. The van der Waals surface area contributed by atoms with Gasteiger partial charge in [0, 0.05) is 33.9 Å². The second-order valence-electron chi connectivity index (χ2n) is 8.34. The molecule has 0 atom stereocenters. The Morgan fingerprint density at radius 3 is 2.32 bits per heavy atom. The van der Waals surface area contributed by atoms with E-state index in [0.29, 0.717) is 21.3 Å². The van der Waals surface area contributed by atoms with E-state index in [9.17, 15) is 14.7 Å². The Morgan fingerprint density at radius 1 is 0.868 bits per heavy atom. The van der Waals surface area contributed by atoms with Gasteiger partial charge in [-0.2, -0.15) is 0 Å². The molecule has 0 amide bonds. The zero-order valence-corrected chi connectivity index (χ0v) is 21.4. The van der Waals surface area contributed by atoms with Gasteiger partial charge in [-0.25, -0.2) is 9.48 Å². The van der Waals surface area contributed by atoms with Crippen LogP contribution in [0.15, 0.2) is 91.3 Å². The molecule has 188 valence electrons. The van der Waals surface area contributed by atoms with Gasteiger partial charge in [-0.1, -0.05) is 40.5 Å². The molecule has 0 saturated carbocycles. The van der Waals surface area contributed by atoms with Crippen molar-refractivity contribution in [3.8, 4) is 16.9 Å². The van der Waals surface area contributed by atoms with Crippen LogP contribution in [0, 0.1) is 0 Å². The van der Waals surface area contributed by atoms with Crippen molar-refractivity contribution >= 4 is 46.3 Å². The fourth-order valence-electron chi connectivity index (χ4n) is 3.97. The van der Waals surface area contributed by atoms with E-state index in [1.165, 1.54) is 23.0 Å². The number of carboxylic acid groups (broad SMARTS) is 1. The van der Waals surface area contributed by atoms with E-state index in [1.807, 2.05) is 30.1 Å². The van der Waals surface area contributed by atoms with Gasteiger partial charge in [-0.3, -0.25) is 9.78 Å². The van der Waals surface area contributed by atoms with Gasteiger partial charge in [-0.15, -0.1) is 5.10 Å². The van der Waals surface area contributed by atoms with Crippen molar-refractivity contribution in [1.82, 2.24) is 20.0 Å². The smallest absolute Gasteiger partial charge is 0.337 e. The number of halogens is 2. The lowest BCUT2D eigenvalue weighted by Crippen LogP contribution is -2.12. The first-order valence-corrected chi connectivity index (χ1v) is 12.1. The van der Waals surface area contributed by atoms with Crippen LogP contribution in [0.25, 0.3) is 16.9 Å². The maximum Gasteiger partial charge on any atom is 0.337 e. The number of pyridine rings is 1. The molecule has 5 aromatic rings. The largest absolute Gasteiger partial charge is 0.478 e. The number of carboxylic acids is 1. The highest BCUT2D eigenvalue weighted by Gasteiger charge is 2.20. The van der Waals surface area contributed by atoms with Gasteiger partial charge in [0.2, 0.25) is 5.78 Å². The number of ketones is 1. The van der Waals surface area contributed by atoms with Crippen molar-refractivity contribution in [2.75, 3.05) is 11.9 Å². The Bertz CT molecular complexity index is 1650. The van der Waals surface area contributed by atoms with E-state index < -0.39 is 11.8 Å². The quantitative estimate of drug-likeness (QED) is 0.239. The average Bonchev–Trinajstić information content (AvgIpc) is 3.42. The van der Waals surface area contributed by atoms with E-state index in [1.54, 1.807) is 54.7 Å². The summed E-state index contributed by atoms with van der Waals surface area (Å²) in [5.41, 5.74) is 3.46. The fraction of sp³-hybridized carbons (Fsp3) is 0.0357.